The topological polar surface area (TPSA) is 65.7 Å². The lowest BCUT2D eigenvalue weighted by atomic mass is 9.86. The Balaban J connectivity index is 1.52. The Morgan fingerprint density at radius 2 is 1.89 bits per heavy atom. The van der Waals surface area contributed by atoms with Crippen LogP contribution in [0.2, 0.25) is 5.02 Å². The number of ether oxygens (including phenoxy) is 1. The maximum atomic E-state index is 14.5. The Labute approximate surface area is 161 Å². The number of pyridine rings is 2. The molecule has 0 unspecified atom stereocenters. The summed E-state index contributed by atoms with van der Waals surface area (Å²) in [4.78, 5) is 8.37. The van der Waals surface area contributed by atoms with E-state index in [4.69, 9.17) is 16.3 Å². The van der Waals surface area contributed by atoms with Crippen molar-refractivity contribution in [2.24, 2.45) is 0 Å². The first-order chi connectivity index (χ1) is 13.1. The first-order valence-electron chi connectivity index (χ1n) is 8.93. The van der Waals surface area contributed by atoms with Gasteiger partial charge in [-0.1, -0.05) is 17.7 Å². The largest absolute Gasteiger partial charge is 0.474 e. The molecule has 140 valence electrons. The van der Waals surface area contributed by atoms with Gasteiger partial charge in [-0.2, -0.15) is 0 Å². The summed E-state index contributed by atoms with van der Waals surface area (Å²) in [5, 5.41) is 8.49. The van der Waals surface area contributed by atoms with Gasteiger partial charge in [-0.15, -0.1) is 10.2 Å². The van der Waals surface area contributed by atoms with Crippen molar-refractivity contribution in [2.45, 2.75) is 44.6 Å². The van der Waals surface area contributed by atoms with Gasteiger partial charge in [0.2, 0.25) is 5.88 Å². The average molecular weight is 388 g/mol. The van der Waals surface area contributed by atoms with Crippen molar-refractivity contribution < 1.29 is 9.13 Å². The minimum Gasteiger partial charge on any atom is -0.474 e. The van der Waals surface area contributed by atoms with Crippen molar-refractivity contribution in [3.05, 3.63) is 59.1 Å². The van der Waals surface area contributed by atoms with Gasteiger partial charge in [-0.3, -0.25) is 4.57 Å². The molecule has 3 aromatic rings. The maximum Gasteiger partial charge on any atom is 0.213 e. The van der Waals surface area contributed by atoms with E-state index in [-0.39, 0.29) is 22.9 Å². The second-order valence-corrected chi connectivity index (χ2v) is 7.04. The summed E-state index contributed by atoms with van der Waals surface area (Å²) in [6.45, 7) is 1.79. The number of hydrogen-bond acceptors (Lipinski definition) is 5. The molecule has 0 aliphatic heterocycles. The monoisotopic (exact) mass is 387 g/mol. The minimum absolute atomic E-state index is 0.0338. The molecule has 0 atom stereocenters. The third-order valence-electron chi connectivity index (χ3n) is 4.85. The van der Waals surface area contributed by atoms with Crippen LogP contribution in [0.4, 0.5) is 4.39 Å². The zero-order valence-corrected chi connectivity index (χ0v) is 15.6. The maximum absolute atomic E-state index is 14.5. The van der Waals surface area contributed by atoms with Gasteiger partial charge >= 0.3 is 0 Å². The Hall–Kier alpha value is -2.54. The molecule has 6 nitrogen and oxygen atoms in total. The number of hydrogen-bond donors (Lipinski definition) is 0. The van der Waals surface area contributed by atoms with Crippen LogP contribution in [0, 0.1) is 12.7 Å². The molecule has 0 saturated heterocycles. The highest BCUT2D eigenvalue weighted by molar-refractivity contribution is 6.30. The Kier molecular flexibility index (Phi) is 5.03. The van der Waals surface area contributed by atoms with Crippen LogP contribution >= 0.6 is 11.6 Å². The van der Waals surface area contributed by atoms with Gasteiger partial charge < -0.3 is 4.74 Å². The van der Waals surface area contributed by atoms with Crippen LogP contribution in [0.3, 0.4) is 0 Å². The van der Waals surface area contributed by atoms with Crippen LogP contribution in [-0.2, 0) is 0 Å². The molecule has 0 spiro atoms. The van der Waals surface area contributed by atoms with Gasteiger partial charge in [-0.25, -0.2) is 14.4 Å². The molecule has 27 heavy (non-hydrogen) atoms. The number of rotatable bonds is 4. The second kappa shape index (κ2) is 7.60. The van der Waals surface area contributed by atoms with Gasteiger partial charge in [0.1, 0.15) is 17.8 Å². The van der Waals surface area contributed by atoms with Crippen LogP contribution in [0.5, 0.6) is 5.88 Å². The standard InChI is InChI=1S/C19H19ClFN5O/c1-12-24-25-18(26(12)19-17(21)15(20)9-11-23-19)13-5-7-14(8-6-13)27-16-4-2-3-10-22-16/h2-4,9-11,13-14H,5-8H2,1H3/t13-,14-. The smallest absolute Gasteiger partial charge is 0.213 e. The lowest BCUT2D eigenvalue weighted by molar-refractivity contribution is 0.139. The first-order valence-corrected chi connectivity index (χ1v) is 9.31. The van der Waals surface area contributed by atoms with E-state index in [0.717, 1.165) is 31.5 Å². The minimum atomic E-state index is -0.560. The lowest BCUT2D eigenvalue weighted by Gasteiger charge is -2.28. The van der Waals surface area contributed by atoms with Crippen LogP contribution in [0.1, 0.15) is 43.3 Å². The van der Waals surface area contributed by atoms with Gasteiger partial charge in [0.25, 0.3) is 0 Å². The van der Waals surface area contributed by atoms with E-state index in [1.54, 1.807) is 17.7 Å². The van der Waals surface area contributed by atoms with E-state index in [9.17, 15) is 4.39 Å². The van der Waals surface area contributed by atoms with Gasteiger partial charge in [0, 0.05) is 24.4 Å². The zero-order valence-electron chi connectivity index (χ0n) is 14.8. The third kappa shape index (κ3) is 3.64. The predicted octanol–water partition coefficient (Wildman–Crippen LogP) is 4.26. The lowest BCUT2D eigenvalue weighted by Crippen LogP contribution is -2.25. The molecule has 0 aromatic carbocycles. The van der Waals surface area contributed by atoms with Crippen molar-refractivity contribution in [2.75, 3.05) is 0 Å². The van der Waals surface area contributed by atoms with Crippen molar-refractivity contribution in [3.63, 3.8) is 0 Å². The fourth-order valence-corrected chi connectivity index (χ4v) is 3.64. The molecule has 1 saturated carbocycles. The van der Waals surface area contributed by atoms with E-state index >= 15 is 0 Å². The van der Waals surface area contributed by atoms with Gasteiger partial charge in [0.15, 0.2) is 11.6 Å². The van der Waals surface area contributed by atoms with Crippen LogP contribution in [0.25, 0.3) is 5.82 Å². The Morgan fingerprint density at radius 1 is 1.07 bits per heavy atom. The normalized spacial score (nSPS) is 19.8. The highest BCUT2D eigenvalue weighted by Crippen LogP contribution is 2.35. The van der Waals surface area contributed by atoms with Crippen molar-refractivity contribution in [1.82, 2.24) is 24.7 Å². The van der Waals surface area contributed by atoms with E-state index in [1.165, 1.54) is 12.3 Å². The fraction of sp³-hybridized carbons (Fsp3) is 0.368. The third-order valence-corrected chi connectivity index (χ3v) is 5.14. The summed E-state index contributed by atoms with van der Waals surface area (Å²) in [6, 6.07) is 7.06. The highest BCUT2D eigenvalue weighted by atomic mass is 35.5. The summed E-state index contributed by atoms with van der Waals surface area (Å²) in [7, 11) is 0. The summed E-state index contributed by atoms with van der Waals surface area (Å²) >= 11 is 5.93. The molecular formula is C19H19ClFN5O. The molecule has 4 rings (SSSR count). The predicted molar refractivity (Wildman–Crippen MR) is 98.7 cm³/mol. The number of nitrogens with zero attached hydrogens (tertiary/aromatic N) is 5. The summed E-state index contributed by atoms with van der Waals surface area (Å²) < 4.78 is 22.1. The summed E-state index contributed by atoms with van der Waals surface area (Å²) in [5.41, 5.74) is 0. The van der Waals surface area contributed by atoms with E-state index in [0.29, 0.717) is 11.7 Å². The molecule has 3 aromatic heterocycles. The molecule has 0 radical (unpaired) electrons. The summed E-state index contributed by atoms with van der Waals surface area (Å²) in [6.07, 6.45) is 6.82. The Morgan fingerprint density at radius 3 is 2.63 bits per heavy atom. The van der Waals surface area contributed by atoms with Gasteiger partial charge in [0.05, 0.1) is 5.02 Å². The fourth-order valence-electron chi connectivity index (χ4n) is 3.50. The number of aromatic nitrogens is 5. The first kappa shape index (κ1) is 17.9. The Bertz CT molecular complexity index is 925. The van der Waals surface area contributed by atoms with E-state index < -0.39 is 5.82 Å². The molecule has 3 heterocycles. The van der Waals surface area contributed by atoms with Gasteiger partial charge in [-0.05, 0) is 44.7 Å². The molecular weight excluding hydrogens is 369 g/mol. The van der Waals surface area contributed by atoms with Crippen molar-refractivity contribution in [3.8, 4) is 11.7 Å². The number of halogens is 2. The molecule has 1 fully saturated rings. The molecule has 8 heteroatoms. The molecule has 0 amide bonds. The second-order valence-electron chi connectivity index (χ2n) is 6.63. The van der Waals surface area contributed by atoms with E-state index in [2.05, 4.69) is 20.2 Å². The van der Waals surface area contributed by atoms with Crippen LogP contribution in [0.15, 0.2) is 36.7 Å². The summed E-state index contributed by atoms with van der Waals surface area (Å²) in [5.74, 6) is 1.70. The zero-order chi connectivity index (χ0) is 18.8. The van der Waals surface area contributed by atoms with Crippen LogP contribution < -0.4 is 4.74 Å². The van der Waals surface area contributed by atoms with E-state index in [1.807, 2.05) is 18.2 Å². The highest BCUT2D eigenvalue weighted by Gasteiger charge is 2.29. The molecule has 1 aliphatic carbocycles. The van der Waals surface area contributed by atoms with Crippen molar-refractivity contribution in [1.29, 1.82) is 0 Å². The SMILES string of the molecule is Cc1nnc([C@H]2CC[C@H](Oc3ccccn3)CC2)n1-c1nccc(Cl)c1F. The average Bonchev–Trinajstić information content (AvgIpc) is 3.07. The van der Waals surface area contributed by atoms with Crippen LogP contribution in [-0.4, -0.2) is 30.8 Å². The molecule has 1 aliphatic rings. The molecule has 0 N–H and O–H groups in total. The quantitative estimate of drug-likeness (QED) is 0.669. The van der Waals surface area contributed by atoms with Crippen molar-refractivity contribution >= 4 is 11.6 Å². The molecule has 0 bridgehead atoms. The number of aryl methyl sites for hydroxylation is 1.